The molecule has 452 valence electrons. The number of nitrogens with zero attached hydrogens (tertiary/aromatic N) is 8. The molecule has 0 N–H and O–H groups in total. The molecule has 20 aromatic rings. The highest BCUT2D eigenvalue weighted by atomic mass is 16.3. The minimum Gasteiger partial charge on any atom is -0.456 e. The van der Waals surface area contributed by atoms with Gasteiger partial charge >= 0.3 is 0 Å². The molecule has 0 aliphatic rings. The zero-order valence-corrected chi connectivity index (χ0v) is 52.1. The first-order chi connectivity index (χ1) is 48.5. The lowest BCUT2D eigenvalue weighted by atomic mass is 9.95. The Labute approximate surface area is 559 Å². The van der Waals surface area contributed by atoms with Crippen LogP contribution in [0.5, 0.6) is 0 Å². The third-order valence-electron chi connectivity index (χ3n) is 19.6. The number of rotatable bonds is 6. The van der Waals surface area contributed by atoms with Gasteiger partial charge in [-0.15, -0.1) is 0 Å². The van der Waals surface area contributed by atoms with Crippen LogP contribution in [0.3, 0.4) is 0 Å². The van der Waals surface area contributed by atoms with Gasteiger partial charge in [-0.05, 0) is 103 Å². The van der Waals surface area contributed by atoms with Gasteiger partial charge in [0.25, 0.3) is 0 Å². The summed E-state index contributed by atoms with van der Waals surface area (Å²) < 4.78 is 21.6. The number of benzene rings is 14. The van der Waals surface area contributed by atoms with Crippen LogP contribution in [-0.2, 0) is 0 Å². The normalized spacial score (nSPS) is 11.6. The summed E-state index contributed by atoms with van der Waals surface area (Å²) in [6.07, 6.45) is 0. The topological polar surface area (TPSA) is 122 Å². The molecule has 98 heavy (non-hydrogen) atoms. The summed E-state index contributed by atoms with van der Waals surface area (Å²) in [6, 6.07) is 106. The van der Waals surface area contributed by atoms with Crippen molar-refractivity contribution in [1.82, 2.24) is 18.3 Å². The van der Waals surface area contributed by atoms with Gasteiger partial charge in [0, 0.05) is 87.2 Å². The van der Waals surface area contributed by atoms with E-state index in [0.717, 1.165) is 160 Å². The number of hydrogen-bond acceptors (Lipinski definition) is 5. The Morgan fingerprint density at radius 2 is 0.796 bits per heavy atom. The number of para-hydroxylation sites is 10. The highest BCUT2D eigenvalue weighted by Crippen LogP contribution is 2.48. The summed E-state index contributed by atoms with van der Waals surface area (Å²) in [5.74, 6) is 0. The van der Waals surface area contributed by atoms with Crippen LogP contribution in [0.25, 0.3) is 181 Å². The maximum Gasteiger partial charge on any atom is 0.211 e. The molecule has 0 unspecified atom stereocenters. The molecule has 14 aromatic carbocycles. The summed E-state index contributed by atoms with van der Waals surface area (Å²) in [7, 11) is 0. The van der Waals surface area contributed by atoms with E-state index in [1.807, 2.05) is 121 Å². The molecule has 0 saturated carbocycles. The summed E-state index contributed by atoms with van der Waals surface area (Å²) in [6.45, 7) is 8.19. The molecule has 0 atom stereocenters. The molecule has 0 saturated heterocycles. The van der Waals surface area contributed by atoms with Crippen molar-refractivity contribution in [3.8, 4) is 63.2 Å². The summed E-state index contributed by atoms with van der Waals surface area (Å²) in [5, 5.41) is 45.1. The number of nitriles is 3. The van der Waals surface area contributed by atoms with Gasteiger partial charge < -0.3 is 27.1 Å². The molecule has 6 aromatic heterocycles. The maximum absolute atomic E-state index is 11.0. The van der Waals surface area contributed by atoms with Crippen LogP contribution >= 0.6 is 0 Å². The molecular formula is C88H48N8O2. The lowest BCUT2D eigenvalue weighted by Crippen LogP contribution is -2.02. The number of fused-ring (bicyclic) bond motifs is 20. The van der Waals surface area contributed by atoms with Crippen molar-refractivity contribution < 1.29 is 8.83 Å². The van der Waals surface area contributed by atoms with Crippen LogP contribution in [0.1, 0.15) is 16.7 Å². The van der Waals surface area contributed by atoms with Crippen molar-refractivity contribution in [2.45, 2.75) is 0 Å². The van der Waals surface area contributed by atoms with E-state index in [2.05, 4.69) is 211 Å². The molecule has 0 amide bonds. The summed E-state index contributed by atoms with van der Waals surface area (Å²) in [4.78, 5) is 3.95. The number of hydrogen-bond donors (Lipinski definition) is 0. The fourth-order valence-electron chi connectivity index (χ4n) is 15.6. The Kier molecular flexibility index (Phi) is 12.3. The van der Waals surface area contributed by atoms with E-state index >= 15 is 0 Å². The largest absolute Gasteiger partial charge is 0.456 e. The van der Waals surface area contributed by atoms with Gasteiger partial charge in [-0.1, -0.05) is 188 Å². The zero-order valence-electron chi connectivity index (χ0n) is 52.1. The Bertz CT molecular complexity index is 6910. The van der Waals surface area contributed by atoms with Crippen molar-refractivity contribution in [1.29, 1.82) is 15.8 Å². The fourth-order valence-corrected chi connectivity index (χ4v) is 15.6. The minimum atomic E-state index is 0.426. The van der Waals surface area contributed by atoms with Crippen LogP contribution in [0, 0.1) is 40.6 Å². The van der Waals surface area contributed by atoms with E-state index in [0.29, 0.717) is 28.1 Å². The first-order valence-electron chi connectivity index (χ1n) is 32.3. The third kappa shape index (κ3) is 7.98. The Morgan fingerprint density at radius 1 is 0.296 bits per heavy atom. The first-order valence-corrected chi connectivity index (χ1v) is 32.3. The molecule has 0 aliphatic carbocycles. The molecule has 0 bridgehead atoms. The zero-order chi connectivity index (χ0) is 65.3. The van der Waals surface area contributed by atoms with Crippen LogP contribution in [0.2, 0.25) is 0 Å². The highest BCUT2D eigenvalue weighted by molar-refractivity contribution is 6.28. The van der Waals surface area contributed by atoms with E-state index < -0.39 is 0 Å². The molecule has 20 rings (SSSR count). The van der Waals surface area contributed by atoms with E-state index in [4.69, 9.17) is 15.4 Å². The summed E-state index contributed by atoms with van der Waals surface area (Å²) in [5.41, 5.74) is 19.8. The third-order valence-corrected chi connectivity index (χ3v) is 19.6. The van der Waals surface area contributed by atoms with Gasteiger partial charge in [0.2, 0.25) is 5.69 Å². The lowest BCUT2D eigenvalue weighted by Gasteiger charge is -2.18. The van der Waals surface area contributed by atoms with E-state index in [1.165, 1.54) is 10.8 Å². The highest BCUT2D eigenvalue weighted by Gasteiger charge is 2.27. The molecule has 0 spiro atoms. The Morgan fingerprint density at radius 3 is 1.43 bits per heavy atom. The average molecular weight is 1250 g/mol. The first kappa shape index (κ1) is 55.5. The Balaban J connectivity index is 0.000000137. The van der Waals surface area contributed by atoms with Crippen LogP contribution < -0.4 is 0 Å². The van der Waals surface area contributed by atoms with Gasteiger partial charge in [-0.2, -0.15) is 15.8 Å². The van der Waals surface area contributed by atoms with Gasteiger partial charge in [-0.3, -0.25) is 0 Å². The van der Waals surface area contributed by atoms with Crippen molar-refractivity contribution in [3.63, 3.8) is 0 Å². The van der Waals surface area contributed by atoms with Gasteiger partial charge in [0.1, 0.15) is 34.5 Å². The van der Waals surface area contributed by atoms with Gasteiger partial charge in [0.15, 0.2) is 0 Å². The Hall–Kier alpha value is -14.2. The van der Waals surface area contributed by atoms with Gasteiger partial charge in [0.05, 0.1) is 95.9 Å². The molecule has 10 nitrogen and oxygen atoms in total. The van der Waals surface area contributed by atoms with E-state index in [-0.39, 0.29) is 0 Å². The molecule has 10 heteroatoms. The summed E-state index contributed by atoms with van der Waals surface area (Å²) >= 11 is 0. The molecule has 0 radical (unpaired) electrons. The van der Waals surface area contributed by atoms with Gasteiger partial charge in [-0.25, -0.2) is 4.85 Å². The molecule has 0 fully saturated rings. The number of furan rings is 2. The van der Waals surface area contributed by atoms with Crippen LogP contribution in [0.15, 0.2) is 300 Å². The quantitative estimate of drug-likeness (QED) is 0.154. The van der Waals surface area contributed by atoms with Crippen LogP contribution in [0.4, 0.5) is 5.69 Å². The lowest BCUT2D eigenvalue weighted by molar-refractivity contribution is 0.669. The minimum absolute atomic E-state index is 0.426. The maximum atomic E-state index is 11.0. The van der Waals surface area contributed by atoms with Crippen LogP contribution in [-0.4, -0.2) is 18.3 Å². The van der Waals surface area contributed by atoms with E-state index in [1.54, 1.807) is 0 Å². The monoisotopic (exact) mass is 1250 g/mol. The smallest absolute Gasteiger partial charge is 0.211 e. The second-order valence-corrected chi connectivity index (χ2v) is 24.6. The average Bonchev–Trinajstić information content (AvgIpc) is 1.55. The van der Waals surface area contributed by atoms with Crippen molar-refractivity contribution >= 4 is 137 Å². The molecular weight excluding hydrogens is 1200 g/mol. The van der Waals surface area contributed by atoms with E-state index in [9.17, 15) is 15.8 Å². The molecule has 0 aliphatic heterocycles. The van der Waals surface area contributed by atoms with Crippen molar-refractivity contribution in [3.05, 3.63) is 319 Å². The molecule has 6 heterocycles. The fraction of sp³-hybridized carbons (Fsp3) is 0. The predicted molar refractivity (Wildman–Crippen MR) is 396 cm³/mol. The van der Waals surface area contributed by atoms with Crippen molar-refractivity contribution in [2.75, 3.05) is 0 Å². The standard InChI is InChI=1S/2C44H24N4O/c1-46-34-23-22-27(33(26-45)44(34)48-36-18-8-3-13-29(36)30-14-4-9-19-37(30)48)28-12-2-7-17-35(28)47-38-20-10-5-15-31(38)42-39(47)24-25-41-43(42)32-16-6-11-21-40(32)49-41;45-25-27-20-21-29(47-37-16-5-1-11-30(37)31-12-2-6-17-38(31)47)24-36(27)33-15-9-10-28(26-46)43(33)48-39-18-7-3-14-35(39)42-40(48)23-22-34-32-13-4-8-19-41(32)49-44(34)42/h2-25H;1-24H. The predicted octanol–water partition coefficient (Wildman–Crippen LogP) is 23.1. The number of aromatic nitrogens is 4. The second kappa shape index (κ2) is 21.7. The SMILES string of the molecule is N#Cc1ccc(-n2c3ccccc3c3ccccc32)cc1-c1cccc(C#N)c1-n1c2ccccc2c2c3oc4ccccc4c3ccc21.[C-]#[N+]c1ccc(-c2ccccc2-n2c3ccccc3c3c4c(ccc32)oc2ccccc24)c(C#N)c1-n1c2ccccc2c2ccccc21. The van der Waals surface area contributed by atoms with Crippen molar-refractivity contribution in [2.24, 2.45) is 0 Å². The second-order valence-electron chi connectivity index (χ2n) is 24.6.